The van der Waals surface area contributed by atoms with Gasteiger partial charge in [0.25, 0.3) is 0 Å². The maximum absolute atomic E-state index is 11.3. The molecule has 100 valence electrons. The molecule has 0 spiro atoms. The van der Waals surface area contributed by atoms with Crippen molar-refractivity contribution in [3.63, 3.8) is 0 Å². The number of benzene rings is 1. The highest BCUT2D eigenvalue weighted by Gasteiger charge is 2.13. The lowest BCUT2D eigenvalue weighted by Gasteiger charge is -2.17. The highest BCUT2D eigenvalue weighted by atomic mass is 16.5. The molecule has 4 heteroatoms. The van der Waals surface area contributed by atoms with Crippen LogP contribution in [0.15, 0.2) is 55.6 Å². The fourth-order valence-corrected chi connectivity index (χ4v) is 1.55. The second-order valence-corrected chi connectivity index (χ2v) is 3.93. The molecule has 0 aliphatic heterocycles. The number of ether oxygens (including phenoxy) is 1. The third-order valence-corrected chi connectivity index (χ3v) is 2.45. The lowest BCUT2D eigenvalue weighted by atomic mass is 10.1. The molecule has 19 heavy (non-hydrogen) atoms. The van der Waals surface area contributed by atoms with Crippen molar-refractivity contribution in [2.45, 2.75) is 12.5 Å². The summed E-state index contributed by atoms with van der Waals surface area (Å²) in [5, 5.41) is 2.73. The fourth-order valence-electron chi connectivity index (χ4n) is 1.55. The van der Waals surface area contributed by atoms with Crippen LogP contribution in [0.25, 0.3) is 0 Å². The molecule has 0 aliphatic carbocycles. The standard InChI is InChI=1S/C15H17NO3/c1-3-14(17)16-13(11-19-15(18)4-2)10-12-8-6-5-7-9-12/h3-9,13H,1-2,10-11H2,(H,16,17). The van der Waals surface area contributed by atoms with E-state index in [1.54, 1.807) is 0 Å². The van der Waals surface area contributed by atoms with E-state index in [1.807, 2.05) is 30.3 Å². The van der Waals surface area contributed by atoms with E-state index < -0.39 is 5.97 Å². The summed E-state index contributed by atoms with van der Waals surface area (Å²) in [7, 11) is 0. The van der Waals surface area contributed by atoms with Crippen LogP contribution in [-0.4, -0.2) is 24.5 Å². The zero-order valence-corrected chi connectivity index (χ0v) is 10.7. The van der Waals surface area contributed by atoms with Gasteiger partial charge in [0.15, 0.2) is 0 Å². The van der Waals surface area contributed by atoms with Crippen molar-refractivity contribution in [3.8, 4) is 0 Å². The van der Waals surface area contributed by atoms with Gasteiger partial charge in [-0.25, -0.2) is 4.79 Å². The van der Waals surface area contributed by atoms with Crippen molar-refractivity contribution in [2.75, 3.05) is 6.61 Å². The van der Waals surface area contributed by atoms with Gasteiger partial charge in [0.05, 0.1) is 6.04 Å². The molecule has 0 aromatic heterocycles. The van der Waals surface area contributed by atoms with Crippen LogP contribution in [0.4, 0.5) is 0 Å². The summed E-state index contributed by atoms with van der Waals surface area (Å²) < 4.78 is 4.96. The Labute approximate surface area is 112 Å². The Bertz CT molecular complexity index is 454. The molecule has 1 atom stereocenters. The van der Waals surface area contributed by atoms with Gasteiger partial charge in [-0.15, -0.1) is 0 Å². The first-order valence-corrected chi connectivity index (χ1v) is 5.91. The van der Waals surface area contributed by atoms with Gasteiger partial charge < -0.3 is 10.1 Å². The molecule has 1 rings (SSSR count). The quantitative estimate of drug-likeness (QED) is 0.598. The zero-order chi connectivity index (χ0) is 14.1. The van der Waals surface area contributed by atoms with E-state index in [9.17, 15) is 9.59 Å². The van der Waals surface area contributed by atoms with Crippen LogP contribution in [0, 0.1) is 0 Å². The first-order valence-electron chi connectivity index (χ1n) is 5.91. The maximum Gasteiger partial charge on any atom is 0.330 e. The van der Waals surface area contributed by atoms with Crippen LogP contribution in [0.3, 0.4) is 0 Å². The molecule has 0 fully saturated rings. The van der Waals surface area contributed by atoms with Gasteiger partial charge in [0.2, 0.25) is 5.91 Å². The summed E-state index contributed by atoms with van der Waals surface area (Å²) in [4.78, 5) is 22.4. The van der Waals surface area contributed by atoms with Crippen LogP contribution >= 0.6 is 0 Å². The Hall–Kier alpha value is -2.36. The smallest absolute Gasteiger partial charge is 0.330 e. The van der Waals surface area contributed by atoms with Gasteiger partial charge in [0, 0.05) is 6.08 Å². The van der Waals surface area contributed by atoms with E-state index in [1.165, 1.54) is 6.08 Å². The molecule has 0 saturated heterocycles. The molecule has 0 saturated carbocycles. The van der Waals surface area contributed by atoms with E-state index >= 15 is 0 Å². The second-order valence-electron chi connectivity index (χ2n) is 3.93. The van der Waals surface area contributed by atoms with Gasteiger partial charge in [0.1, 0.15) is 6.61 Å². The van der Waals surface area contributed by atoms with Crippen molar-refractivity contribution in [1.82, 2.24) is 5.32 Å². The molecule has 0 bridgehead atoms. The highest BCUT2D eigenvalue weighted by Crippen LogP contribution is 2.04. The van der Waals surface area contributed by atoms with E-state index in [4.69, 9.17) is 4.74 Å². The Balaban J connectivity index is 2.63. The van der Waals surface area contributed by atoms with Gasteiger partial charge in [-0.2, -0.15) is 0 Å². The number of carbonyl (C=O) groups excluding carboxylic acids is 2. The Kier molecular flexibility index (Phi) is 6.09. The van der Waals surface area contributed by atoms with Crippen LogP contribution in [0.2, 0.25) is 0 Å². The largest absolute Gasteiger partial charge is 0.460 e. The lowest BCUT2D eigenvalue weighted by molar-refractivity contribution is -0.139. The third-order valence-electron chi connectivity index (χ3n) is 2.45. The molecule has 1 aromatic carbocycles. The Morgan fingerprint density at radius 1 is 1.21 bits per heavy atom. The predicted octanol–water partition coefficient (Wildman–Crippen LogP) is 1.63. The summed E-state index contributed by atoms with van der Waals surface area (Å²) in [6.07, 6.45) is 2.85. The number of amides is 1. The molecule has 1 aromatic rings. The zero-order valence-electron chi connectivity index (χ0n) is 10.7. The maximum atomic E-state index is 11.3. The summed E-state index contributed by atoms with van der Waals surface area (Å²) in [6, 6.07) is 9.34. The monoisotopic (exact) mass is 259 g/mol. The first-order chi connectivity index (χ1) is 9.15. The van der Waals surface area contributed by atoms with Gasteiger partial charge in [-0.05, 0) is 18.1 Å². The molecule has 1 unspecified atom stereocenters. The number of hydrogen-bond acceptors (Lipinski definition) is 3. The summed E-state index contributed by atoms with van der Waals surface area (Å²) in [5.41, 5.74) is 1.05. The Morgan fingerprint density at radius 2 is 1.89 bits per heavy atom. The van der Waals surface area contributed by atoms with E-state index in [-0.39, 0.29) is 18.6 Å². The third kappa shape index (κ3) is 5.68. The van der Waals surface area contributed by atoms with E-state index in [0.29, 0.717) is 6.42 Å². The van der Waals surface area contributed by atoms with Gasteiger partial charge in [-0.3, -0.25) is 4.79 Å². The van der Waals surface area contributed by atoms with Crippen LogP contribution in [0.5, 0.6) is 0 Å². The van der Waals surface area contributed by atoms with E-state index in [0.717, 1.165) is 11.6 Å². The van der Waals surface area contributed by atoms with Crippen LogP contribution in [0.1, 0.15) is 5.56 Å². The van der Waals surface area contributed by atoms with Crippen molar-refractivity contribution >= 4 is 11.9 Å². The molecule has 1 N–H and O–H groups in total. The molecule has 0 heterocycles. The van der Waals surface area contributed by atoms with Crippen molar-refractivity contribution in [1.29, 1.82) is 0 Å². The lowest BCUT2D eigenvalue weighted by Crippen LogP contribution is -2.39. The number of rotatable bonds is 7. The number of hydrogen-bond donors (Lipinski definition) is 1. The molecule has 0 radical (unpaired) electrons. The van der Waals surface area contributed by atoms with Gasteiger partial charge in [-0.1, -0.05) is 43.5 Å². The molecule has 0 aliphatic rings. The number of esters is 1. The SMILES string of the molecule is C=CC(=O)NC(COC(=O)C=C)Cc1ccccc1. The summed E-state index contributed by atoms with van der Waals surface area (Å²) in [6.45, 7) is 6.81. The minimum absolute atomic E-state index is 0.0966. The predicted molar refractivity (Wildman–Crippen MR) is 73.4 cm³/mol. The minimum atomic E-state index is -0.508. The second kappa shape index (κ2) is 7.87. The fraction of sp³-hybridized carbons (Fsp3) is 0.200. The van der Waals surface area contributed by atoms with Crippen LogP contribution < -0.4 is 5.32 Å². The van der Waals surface area contributed by atoms with Crippen molar-refractivity contribution in [2.24, 2.45) is 0 Å². The summed E-state index contributed by atoms with van der Waals surface area (Å²) >= 11 is 0. The first kappa shape index (κ1) is 14.7. The molecule has 1 amide bonds. The summed E-state index contributed by atoms with van der Waals surface area (Å²) in [5.74, 6) is -0.804. The average molecular weight is 259 g/mol. The number of carbonyl (C=O) groups is 2. The van der Waals surface area contributed by atoms with E-state index in [2.05, 4.69) is 18.5 Å². The molecule has 4 nitrogen and oxygen atoms in total. The van der Waals surface area contributed by atoms with Crippen molar-refractivity contribution < 1.29 is 14.3 Å². The normalized spacial score (nSPS) is 11.2. The Morgan fingerprint density at radius 3 is 2.47 bits per heavy atom. The topological polar surface area (TPSA) is 55.4 Å². The van der Waals surface area contributed by atoms with Crippen molar-refractivity contribution in [3.05, 3.63) is 61.2 Å². The molecular weight excluding hydrogens is 242 g/mol. The highest BCUT2D eigenvalue weighted by molar-refractivity contribution is 5.87. The van der Waals surface area contributed by atoms with Gasteiger partial charge >= 0.3 is 5.97 Å². The molecular formula is C15H17NO3. The minimum Gasteiger partial charge on any atom is -0.460 e. The number of nitrogens with one attached hydrogen (secondary N) is 1. The van der Waals surface area contributed by atoms with Crippen LogP contribution in [-0.2, 0) is 20.7 Å². The average Bonchev–Trinajstić information content (AvgIpc) is 2.45.